The van der Waals surface area contributed by atoms with Gasteiger partial charge in [0, 0.05) is 26.0 Å². The molecule has 0 spiro atoms. The minimum atomic E-state index is -0.118. The molecule has 24 heavy (non-hydrogen) atoms. The van der Waals surface area contributed by atoms with E-state index in [1.165, 1.54) is 0 Å². The van der Waals surface area contributed by atoms with Crippen LogP contribution in [0.25, 0.3) is 0 Å². The molecule has 2 amide bonds. The summed E-state index contributed by atoms with van der Waals surface area (Å²) in [4.78, 5) is 17.7. The number of hydrogen-bond donors (Lipinski definition) is 1. The molecule has 0 saturated heterocycles. The van der Waals surface area contributed by atoms with E-state index in [1.807, 2.05) is 36.4 Å². The van der Waals surface area contributed by atoms with Gasteiger partial charge in [0.2, 0.25) is 0 Å². The molecule has 6 nitrogen and oxygen atoms in total. The number of urea groups is 1. The molecule has 1 heterocycles. The molecule has 0 fully saturated rings. The quantitative estimate of drug-likeness (QED) is 0.755. The van der Waals surface area contributed by atoms with Gasteiger partial charge in [-0.2, -0.15) is 0 Å². The zero-order chi connectivity index (χ0) is 17.2. The van der Waals surface area contributed by atoms with Crippen LogP contribution in [0.1, 0.15) is 5.56 Å². The smallest absolute Gasteiger partial charge is 0.317 e. The lowest BCUT2D eigenvalue weighted by Crippen LogP contribution is -2.40. The van der Waals surface area contributed by atoms with E-state index < -0.39 is 0 Å². The Bertz CT molecular complexity index is 634. The van der Waals surface area contributed by atoms with E-state index in [0.717, 1.165) is 12.0 Å². The van der Waals surface area contributed by atoms with Crippen molar-refractivity contribution in [1.29, 1.82) is 0 Å². The van der Waals surface area contributed by atoms with E-state index in [-0.39, 0.29) is 6.03 Å². The van der Waals surface area contributed by atoms with Crippen molar-refractivity contribution in [2.24, 2.45) is 0 Å². The van der Waals surface area contributed by atoms with Crippen molar-refractivity contribution in [2.75, 3.05) is 33.9 Å². The monoisotopic (exact) mass is 329 g/mol. The van der Waals surface area contributed by atoms with E-state index in [1.54, 1.807) is 31.5 Å². The Morgan fingerprint density at radius 1 is 1.17 bits per heavy atom. The fourth-order valence-electron chi connectivity index (χ4n) is 2.14. The first kappa shape index (κ1) is 17.6. The van der Waals surface area contributed by atoms with Crippen LogP contribution in [0, 0.1) is 0 Å². The number of likely N-dealkylation sites (N-methyl/N-ethyl adjacent to an activating group) is 1. The molecule has 2 aromatic rings. The molecular formula is C18H23N3O3. The largest absolute Gasteiger partial charge is 0.493 e. The van der Waals surface area contributed by atoms with Gasteiger partial charge in [-0.3, -0.25) is 4.98 Å². The maximum Gasteiger partial charge on any atom is 0.317 e. The summed E-state index contributed by atoms with van der Waals surface area (Å²) >= 11 is 0. The van der Waals surface area contributed by atoms with Gasteiger partial charge in [0.25, 0.3) is 0 Å². The minimum absolute atomic E-state index is 0.118. The molecule has 0 aliphatic heterocycles. The molecule has 6 heteroatoms. The number of hydrogen-bond acceptors (Lipinski definition) is 4. The van der Waals surface area contributed by atoms with Crippen LogP contribution in [0.4, 0.5) is 4.79 Å². The molecule has 0 aliphatic carbocycles. The summed E-state index contributed by atoms with van der Waals surface area (Å²) in [6.45, 7) is 1.45. The molecule has 0 radical (unpaired) electrons. The van der Waals surface area contributed by atoms with Gasteiger partial charge < -0.3 is 19.7 Å². The van der Waals surface area contributed by atoms with Crippen molar-refractivity contribution >= 4 is 6.03 Å². The van der Waals surface area contributed by atoms with Gasteiger partial charge in [0.15, 0.2) is 11.5 Å². The van der Waals surface area contributed by atoms with Crippen LogP contribution in [-0.4, -0.2) is 49.8 Å². The highest BCUT2D eigenvalue weighted by Crippen LogP contribution is 2.25. The standard InChI is InChI=1S/C18H23N3O3/c1-21(13-9-15-7-10-19-11-8-15)18(22)20-12-14-24-17-6-4-3-5-16(17)23-2/h3-8,10-11H,9,12-14H2,1-2H3,(H,20,22). The number of pyridine rings is 1. The van der Waals surface area contributed by atoms with Crippen LogP contribution < -0.4 is 14.8 Å². The molecule has 0 aliphatic rings. The SMILES string of the molecule is COc1ccccc1OCCNC(=O)N(C)CCc1ccncc1. The normalized spacial score (nSPS) is 10.1. The van der Waals surface area contributed by atoms with Crippen LogP contribution in [-0.2, 0) is 6.42 Å². The molecule has 0 saturated carbocycles. The zero-order valence-corrected chi connectivity index (χ0v) is 14.1. The van der Waals surface area contributed by atoms with Gasteiger partial charge in [0.1, 0.15) is 6.61 Å². The van der Waals surface area contributed by atoms with Crippen LogP contribution in [0.2, 0.25) is 0 Å². The minimum Gasteiger partial charge on any atom is -0.493 e. The predicted molar refractivity (Wildman–Crippen MR) is 92.5 cm³/mol. The lowest BCUT2D eigenvalue weighted by Gasteiger charge is -2.18. The fraction of sp³-hybridized carbons (Fsp3) is 0.333. The van der Waals surface area contributed by atoms with Crippen molar-refractivity contribution in [2.45, 2.75) is 6.42 Å². The average molecular weight is 329 g/mol. The summed E-state index contributed by atoms with van der Waals surface area (Å²) in [5.74, 6) is 1.35. The molecule has 1 aromatic carbocycles. The number of amides is 2. The molecule has 0 unspecified atom stereocenters. The van der Waals surface area contributed by atoms with Gasteiger partial charge in [-0.05, 0) is 36.2 Å². The second kappa shape index (κ2) is 9.39. The third-order valence-electron chi connectivity index (χ3n) is 3.54. The summed E-state index contributed by atoms with van der Waals surface area (Å²) in [6, 6.07) is 11.2. The Morgan fingerprint density at radius 3 is 2.58 bits per heavy atom. The Balaban J connectivity index is 1.67. The maximum absolute atomic E-state index is 12.0. The number of para-hydroxylation sites is 2. The average Bonchev–Trinajstić information content (AvgIpc) is 2.64. The number of nitrogens with zero attached hydrogens (tertiary/aromatic N) is 2. The number of nitrogens with one attached hydrogen (secondary N) is 1. The predicted octanol–water partition coefficient (Wildman–Crippen LogP) is 2.35. The third kappa shape index (κ3) is 5.46. The Hall–Kier alpha value is -2.76. The number of ether oxygens (including phenoxy) is 2. The van der Waals surface area contributed by atoms with Gasteiger partial charge in [-0.1, -0.05) is 12.1 Å². The molecule has 0 atom stereocenters. The van der Waals surface area contributed by atoms with Crippen molar-refractivity contribution < 1.29 is 14.3 Å². The summed E-state index contributed by atoms with van der Waals surface area (Å²) in [5, 5.41) is 2.84. The van der Waals surface area contributed by atoms with Gasteiger partial charge in [-0.25, -0.2) is 4.79 Å². The maximum atomic E-state index is 12.0. The van der Waals surface area contributed by atoms with Crippen LogP contribution in [0.15, 0.2) is 48.8 Å². The molecule has 1 N–H and O–H groups in total. The summed E-state index contributed by atoms with van der Waals surface area (Å²) in [6.07, 6.45) is 4.30. The van der Waals surface area contributed by atoms with Crippen LogP contribution in [0.5, 0.6) is 11.5 Å². The van der Waals surface area contributed by atoms with Crippen molar-refractivity contribution in [3.63, 3.8) is 0 Å². The summed E-state index contributed by atoms with van der Waals surface area (Å²) in [5.41, 5.74) is 1.16. The van der Waals surface area contributed by atoms with Gasteiger partial charge in [-0.15, -0.1) is 0 Å². The molecule has 1 aromatic heterocycles. The van der Waals surface area contributed by atoms with E-state index in [4.69, 9.17) is 9.47 Å². The van der Waals surface area contributed by atoms with Gasteiger partial charge in [0.05, 0.1) is 13.7 Å². The van der Waals surface area contributed by atoms with E-state index in [0.29, 0.717) is 31.2 Å². The summed E-state index contributed by atoms with van der Waals surface area (Å²) in [7, 11) is 3.37. The van der Waals surface area contributed by atoms with Crippen LogP contribution >= 0.6 is 0 Å². The van der Waals surface area contributed by atoms with E-state index >= 15 is 0 Å². The molecule has 0 bridgehead atoms. The molecule has 128 valence electrons. The number of methoxy groups -OCH3 is 1. The highest BCUT2D eigenvalue weighted by molar-refractivity contribution is 5.73. The number of rotatable bonds is 8. The van der Waals surface area contributed by atoms with Gasteiger partial charge >= 0.3 is 6.03 Å². The zero-order valence-electron chi connectivity index (χ0n) is 14.1. The number of benzene rings is 1. The second-order valence-electron chi connectivity index (χ2n) is 5.26. The summed E-state index contributed by atoms with van der Waals surface area (Å²) < 4.78 is 10.8. The lowest BCUT2D eigenvalue weighted by atomic mass is 10.2. The highest BCUT2D eigenvalue weighted by Gasteiger charge is 2.08. The Morgan fingerprint density at radius 2 is 1.88 bits per heavy atom. The molecule has 2 rings (SSSR count). The van der Waals surface area contributed by atoms with Crippen LogP contribution in [0.3, 0.4) is 0 Å². The first-order valence-corrected chi connectivity index (χ1v) is 7.84. The number of carbonyl (C=O) groups excluding carboxylic acids is 1. The Labute approximate surface area is 142 Å². The first-order chi connectivity index (χ1) is 11.7. The third-order valence-corrected chi connectivity index (χ3v) is 3.54. The van der Waals surface area contributed by atoms with Crippen molar-refractivity contribution in [3.05, 3.63) is 54.4 Å². The Kier molecular flexibility index (Phi) is 6.89. The molecular weight excluding hydrogens is 306 g/mol. The van der Waals surface area contributed by atoms with Crippen molar-refractivity contribution in [3.8, 4) is 11.5 Å². The van der Waals surface area contributed by atoms with Crippen molar-refractivity contribution in [1.82, 2.24) is 15.2 Å². The second-order valence-corrected chi connectivity index (χ2v) is 5.26. The fourth-order valence-corrected chi connectivity index (χ4v) is 2.14. The highest BCUT2D eigenvalue weighted by atomic mass is 16.5. The van der Waals surface area contributed by atoms with E-state index in [2.05, 4.69) is 10.3 Å². The van der Waals surface area contributed by atoms with E-state index in [9.17, 15) is 4.79 Å². The number of aromatic nitrogens is 1. The first-order valence-electron chi connectivity index (χ1n) is 7.84. The topological polar surface area (TPSA) is 63.7 Å². The number of carbonyl (C=O) groups is 1. The lowest BCUT2D eigenvalue weighted by molar-refractivity contribution is 0.205.